The average molecular weight is 453 g/mol. The minimum absolute atomic E-state index is 0.0325. The van der Waals surface area contributed by atoms with Gasteiger partial charge in [0.15, 0.2) is 0 Å². The van der Waals surface area contributed by atoms with Crippen LogP contribution in [0.4, 0.5) is 0 Å². The van der Waals surface area contributed by atoms with E-state index in [-0.39, 0.29) is 11.7 Å². The third-order valence-corrected chi connectivity index (χ3v) is 13.2. The molecule has 31 heavy (non-hydrogen) atoms. The van der Waals surface area contributed by atoms with Gasteiger partial charge in [-0.25, -0.2) is 0 Å². The zero-order valence-electron chi connectivity index (χ0n) is 20.8. The molecule has 0 aliphatic carbocycles. The van der Waals surface area contributed by atoms with Crippen molar-refractivity contribution in [3.05, 3.63) is 29.8 Å². The zero-order chi connectivity index (χ0) is 23.0. The molecule has 0 fully saturated rings. The predicted molar refractivity (Wildman–Crippen MR) is 138 cm³/mol. The molecule has 1 N–H and O–H groups in total. The molecule has 0 heterocycles. The van der Waals surface area contributed by atoms with E-state index in [0.29, 0.717) is 5.56 Å². The van der Waals surface area contributed by atoms with E-state index in [9.17, 15) is 9.90 Å². The molecular weight excluding hydrogens is 403 g/mol. The first-order chi connectivity index (χ1) is 15.0. The first-order valence-electron chi connectivity index (χ1n) is 13.0. The normalized spacial score (nSPS) is 13.0. The fraction of sp³-hybridized carbons (Fsp3) is 0.741. The third kappa shape index (κ3) is 9.13. The van der Waals surface area contributed by atoms with E-state index in [4.69, 9.17) is 4.52 Å². The summed E-state index contributed by atoms with van der Waals surface area (Å²) < 4.78 is 6.76. The van der Waals surface area contributed by atoms with Crippen LogP contribution in [0.2, 0.25) is 0 Å². The van der Waals surface area contributed by atoms with Crippen LogP contribution in [0.5, 0.6) is 5.75 Å². The van der Waals surface area contributed by atoms with E-state index in [0.717, 1.165) is 69.6 Å². The van der Waals surface area contributed by atoms with Crippen molar-refractivity contribution in [1.82, 2.24) is 0 Å². The molecule has 0 radical (unpaired) electrons. The molecule has 0 atom stereocenters. The van der Waals surface area contributed by atoms with Gasteiger partial charge in [-0.05, 0) is 0 Å². The van der Waals surface area contributed by atoms with Crippen molar-refractivity contribution in [2.45, 2.75) is 105 Å². The van der Waals surface area contributed by atoms with Gasteiger partial charge in [0.1, 0.15) is 0 Å². The monoisotopic (exact) mass is 452 g/mol. The van der Waals surface area contributed by atoms with E-state index in [1.165, 1.54) is 32.1 Å². The molecule has 0 aromatic heterocycles. The van der Waals surface area contributed by atoms with E-state index in [2.05, 4.69) is 27.7 Å². The second-order valence-electron chi connectivity index (χ2n) is 9.48. The summed E-state index contributed by atoms with van der Waals surface area (Å²) in [6.07, 6.45) is 18.5. The fourth-order valence-corrected chi connectivity index (χ4v) is 11.4. The number of phenolic OH excluding ortho intramolecular Hbond substituents is 1. The standard InChI is InChI=1S/C27H49O3P/c1-5-9-13-14-15-18-24-31(21-10-6-2,22-11-7-3,23-12-8-4)30-27(29)25-19-16-17-20-26(25)28/h16-17,19-20,28H,5-15,18,21-24H2,1-4H3. The molecule has 0 aliphatic rings. The van der Waals surface area contributed by atoms with E-state index in [1.807, 2.05) is 6.07 Å². The third-order valence-electron chi connectivity index (χ3n) is 6.77. The van der Waals surface area contributed by atoms with Crippen molar-refractivity contribution in [2.75, 3.05) is 24.6 Å². The van der Waals surface area contributed by atoms with Crippen LogP contribution in [0.15, 0.2) is 24.3 Å². The summed E-state index contributed by atoms with van der Waals surface area (Å²) in [7, 11) is 0. The fourth-order valence-electron chi connectivity index (χ4n) is 4.75. The van der Waals surface area contributed by atoms with Gasteiger partial charge in [-0.3, -0.25) is 0 Å². The van der Waals surface area contributed by atoms with Gasteiger partial charge in [0.05, 0.1) is 0 Å². The van der Waals surface area contributed by atoms with E-state index < -0.39 is 6.83 Å². The Labute approximate surface area is 192 Å². The Morgan fingerprint density at radius 1 is 0.710 bits per heavy atom. The number of rotatable bonds is 18. The minimum atomic E-state index is -2.71. The molecule has 1 rings (SSSR count). The molecule has 0 amide bonds. The Bertz CT molecular complexity index is 604. The molecule has 180 valence electrons. The molecule has 0 aliphatic heterocycles. The van der Waals surface area contributed by atoms with Crippen LogP contribution in [-0.4, -0.2) is 35.7 Å². The Morgan fingerprint density at radius 2 is 1.16 bits per heavy atom. The number of unbranched alkanes of at least 4 members (excludes halogenated alkanes) is 8. The van der Waals surface area contributed by atoms with Crippen LogP contribution in [0.3, 0.4) is 0 Å². The average Bonchev–Trinajstić information content (AvgIpc) is 2.78. The molecular formula is C27H49O3P. The summed E-state index contributed by atoms with van der Waals surface area (Å²) in [4.78, 5) is 13.4. The number of hydrogen-bond donors (Lipinski definition) is 1. The zero-order valence-corrected chi connectivity index (χ0v) is 21.7. The molecule has 4 heteroatoms. The Morgan fingerprint density at radius 3 is 1.68 bits per heavy atom. The van der Waals surface area contributed by atoms with Crippen molar-refractivity contribution in [1.29, 1.82) is 0 Å². The maximum absolute atomic E-state index is 13.4. The van der Waals surface area contributed by atoms with Gasteiger partial charge >= 0.3 is 192 Å². The Balaban J connectivity index is 3.23. The first kappa shape index (κ1) is 28.0. The van der Waals surface area contributed by atoms with Crippen molar-refractivity contribution in [3.63, 3.8) is 0 Å². The molecule has 1 aromatic rings. The summed E-state index contributed by atoms with van der Waals surface area (Å²) in [5.41, 5.74) is 0.323. The summed E-state index contributed by atoms with van der Waals surface area (Å²) in [5.74, 6) is -0.268. The van der Waals surface area contributed by atoms with Crippen molar-refractivity contribution in [2.24, 2.45) is 0 Å². The number of carbonyl (C=O) groups is 1. The molecule has 1 aromatic carbocycles. The van der Waals surface area contributed by atoms with Crippen molar-refractivity contribution >= 4 is 12.8 Å². The number of hydrogen-bond acceptors (Lipinski definition) is 3. The predicted octanol–water partition coefficient (Wildman–Crippen LogP) is 8.78. The number of benzene rings is 1. The van der Waals surface area contributed by atoms with Crippen LogP contribution in [0.25, 0.3) is 0 Å². The second-order valence-corrected chi connectivity index (χ2v) is 15.2. The van der Waals surface area contributed by atoms with Crippen LogP contribution in [0.1, 0.15) is 115 Å². The Hall–Kier alpha value is -1.08. The molecule has 0 unspecified atom stereocenters. The Kier molecular flexibility index (Phi) is 13.4. The number of carbonyl (C=O) groups excluding carboxylic acids is 1. The van der Waals surface area contributed by atoms with Crippen LogP contribution in [0, 0.1) is 0 Å². The molecule has 3 nitrogen and oxygen atoms in total. The summed E-state index contributed by atoms with van der Waals surface area (Å²) in [6.45, 7) is 6.26. The second kappa shape index (κ2) is 14.9. The van der Waals surface area contributed by atoms with Crippen molar-refractivity contribution in [3.8, 4) is 5.75 Å². The van der Waals surface area contributed by atoms with Gasteiger partial charge in [-0.1, -0.05) is 0 Å². The van der Waals surface area contributed by atoms with E-state index >= 15 is 0 Å². The molecule has 0 saturated heterocycles. The summed E-state index contributed by atoms with van der Waals surface area (Å²) in [5, 5.41) is 10.3. The number of aromatic hydroxyl groups is 1. The van der Waals surface area contributed by atoms with Crippen molar-refractivity contribution < 1.29 is 14.4 Å². The number of para-hydroxylation sites is 1. The van der Waals surface area contributed by atoms with Crippen LogP contribution in [-0.2, 0) is 4.52 Å². The molecule has 0 spiro atoms. The van der Waals surface area contributed by atoms with Crippen LogP contribution >= 0.6 is 6.83 Å². The quantitative estimate of drug-likeness (QED) is 0.179. The summed E-state index contributed by atoms with van der Waals surface area (Å²) in [6, 6.07) is 6.85. The molecule has 0 saturated carbocycles. The maximum atomic E-state index is 13.4. The van der Waals surface area contributed by atoms with Gasteiger partial charge < -0.3 is 0 Å². The SMILES string of the molecule is CCCCCCCCP(CCCC)(CCCC)(CCCC)OC(=O)c1ccccc1O. The van der Waals surface area contributed by atoms with Gasteiger partial charge in [-0.2, -0.15) is 0 Å². The van der Waals surface area contributed by atoms with Gasteiger partial charge in [0.2, 0.25) is 0 Å². The van der Waals surface area contributed by atoms with Gasteiger partial charge in [0, 0.05) is 0 Å². The van der Waals surface area contributed by atoms with Crippen LogP contribution < -0.4 is 0 Å². The number of phenols is 1. The van der Waals surface area contributed by atoms with Gasteiger partial charge in [0.25, 0.3) is 0 Å². The topological polar surface area (TPSA) is 46.5 Å². The molecule has 0 bridgehead atoms. The van der Waals surface area contributed by atoms with E-state index in [1.54, 1.807) is 18.2 Å². The van der Waals surface area contributed by atoms with Gasteiger partial charge in [-0.15, -0.1) is 0 Å². The first-order valence-corrected chi connectivity index (χ1v) is 15.9. The summed E-state index contributed by atoms with van der Waals surface area (Å²) >= 11 is 0.